The molecule has 1 amide bonds. The van der Waals surface area contributed by atoms with Gasteiger partial charge in [0.1, 0.15) is 6.04 Å². The zero-order valence-electron chi connectivity index (χ0n) is 14.5. The lowest BCUT2D eigenvalue weighted by Crippen LogP contribution is -2.48. The van der Waals surface area contributed by atoms with Crippen LogP contribution in [0.4, 0.5) is 5.69 Å². The summed E-state index contributed by atoms with van der Waals surface area (Å²) < 4.78 is 32.7. The van der Waals surface area contributed by atoms with Gasteiger partial charge in [0.25, 0.3) is 0 Å². The summed E-state index contributed by atoms with van der Waals surface area (Å²) >= 11 is 0. The van der Waals surface area contributed by atoms with Gasteiger partial charge in [-0.3, -0.25) is 4.79 Å². The lowest BCUT2D eigenvalue weighted by Gasteiger charge is -2.27. The average Bonchev–Trinajstić information content (AvgIpc) is 2.64. The van der Waals surface area contributed by atoms with Gasteiger partial charge in [-0.2, -0.15) is 4.31 Å². The van der Waals surface area contributed by atoms with E-state index in [0.717, 1.165) is 19.3 Å². The second kappa shape index (κ2) is 7.82. The van der Waals surface area contributed by atoms with E-state index in [2.05, 4.69) is 10.6 Å². The molecule has 1 aromatic rings. The molecule has 0 spiro atoms. The van der Waals surface area contributed by atoms with Gasteiger partial charge in [-0.15, -0.1) is 0 Å². The van der Waals surface area contributed by atoms with Gasteiger partial charge in [-0.05, 0) is 37.5 Å². The molecule has 7 nitrogen and oxygen atoms in total. The Bertz CT molecular complexity index is 723. The fourth-order valence-electron chi connectivity index (χ4n) is 3.16. The SMILES string of the molecule is Cc1ccc(NC(=O)C2COCCN2)cc1S(=O)(=O)N1CCCCC1. The Morgan fingerprint density at radius 3 is 2.72 bits per heavy atom. The quantitative estimate of drug-likeness (QED) is 0.832. The van der Waals surface area contributed by atoms with Gasteiger partial charge in [0.15, 0.2) is 0 Å². The Balaban J connectivity index is 1.79. The molecule has 2 aliphatic heterocycles. The number of amides is 1. The number of aryl methyl sites for hydroxylation is 1. The Morgan fingerprint density at radius 1 is 1.28 bits per heavy atom. The van der Waals surface area contributed by atoms with Crippen molar-refractivity contribution in [3.05, 3.63) is 23.8 Å². The number of nitrogens with one attached hydrogen (secondary N) is 2. The number of ether oxygens (including phenoxy) is 1. The molecule has 1 atom stereocenters. The molecule has 0 aromatic heterocycles. The largest absolute Gasteiger partial charge is 0.378 e. The topological polar surface area (TPSA) is 87.7 Å². The minimum Gasteiger partial charge on any atom is -0.378 e. The number of hydrogen-bond acceptors (Lipinski definition) is 5. The predicted octanol–water partition coefficient (Wildman–Crippen LogP) is 1.10. The van der Waals surface area contributed by atoms with Crippen molar-refractivity contribution >= 4 is 21.6 Å². The maximum absolute atomic E-state index is 12.9. The first kappa shape index (κ1) is 18.3. The molecule has 8 heteroatoms. The summed E-state index contributed by atoms with van der Waals surface area (Å²) in [5, 5.41) is 5.87. The average molecular weight is 367 g/mol. The smallest absolute Gasteiger partial charge is 0.243 e. The van der Waals surface area contributed by atoms with Crippen LogP contribution in [0.5, 0.6) is 0 Å². The lowest BCUT2D eigenvalue weighted by molar-refractivity contribution is -0.120. The molecule has 25 heavy (non-hydrogen) atoms. The van der Waals surface area contributed by atoms with Crippen molar-refractivity contribution in [2.45, 2.75) is 37.1 Å². The van der Waals surface area contributed by atoms with Crippen LogP contribution in [-0.4, -0.2) is 57.5 Å². The summed E-state index contributed by atoms with van der Waals surface area (Å²) in [6, 6.07) is 4.60. The van der Waals surface area contributed by atoms with Crippen LogP contribution >= 0.6 is 0 Å². The van der Waals surface area contributed by atoms with Gasteiger partial charge in [0.05, 0.1) is 18.1 Å². The molecular weight excluding hydrogens is 342 g/mol. The maximum atomic E-state index is 12.9. The highest BCUT2D eigenvalue weighted by Gasteiger charge is 2.28. The molecule has 0 aliphatic carbocycles. The van der Waals surface area contributed by atoms with Crippen molar-refractivity contribution < 1.29 is 17.9 Å². The number of anilines is 1. The highest BCUT2D eigenvalue weighted by atomic mass is 32.2. The van der Waals surface area contributed by atoms with Gasteiger partial charge < -0.3 is 15.4 Å². The van der Waals surface area contributed by atoms with Crippen molar-refractivity contribution in [3.8, 4) is 0 Å². The molecular formula is C17H25N3O4S. The van der Waals surface area contributed by atoms with E-state index in [-0.39, 0.29) is 10.8 Å². The van der Waals surface area contributed by atoms with Crippen molar-refractivity contribution in [1.82, 2.24) is 9.62 Å². The van der Waals surface area contributed by atoms with E-state index in [9.17, 15) is 13.2 Å². The number of benzene rings is 1. The van der Waals surface area contributed by atoms with Crippen LogP contribution in [0.25, 0.3) is 0 Å². The normalized spacial score (nSPS) is 22.5. The van der Waals surface area contributed by atoms with Crippen LogP contribution in [-0.2, 0) is 19.6 Å². The lowest BCUT2D eigenvalue weighted by atomic mass is 10.2. The molecule has 2 heterocycles. The maximum Gasteiger partial charge on any atom is 0.243 e. The molecule has 0 saturated carbocycles. The number of piperidine rings is 1. The Morgan fingerprint density at radius 2 is 2.04 bits per heavy atom. The van der Waals surface area contributed by atoms with E-state index in [0.29, 0.717) is 44.1 Å². The highest BCUT2D eigenvalue weighted by molar-refractivity contribution is 7.89. The number of carbonyl (C=O) groups is 1. The Labute approximate surface area is 148 Å². The molecule has 138 valence electrons. The molecule has 2 fully saturated rings. The van der Waals surface area contributed by atoms with E-state index in [1.54, 1.807) is 29.4 Å². The summed E-state index contributed by atoms with van der Waals surface area (Å²) in [4.78, 5) is 12.6. The van der Waals surface area contributed by atoms with Crippen molar-refractivity contribution in [1.29, 1.82) is 0 Å². The predicted molar refractivity (Wildman–Crippen MR) is 95.0 cm³/mol. The van der Waals surface area contributed by atoms with Gasteiger partial charge in [0, 0.05) is 25.3 Å². The van der Waals surface area contributed by atoms with Crippen LogP contribution in [0.2, 0.25) is 0 Å². The summed E-state index contributed by atoms with van der Waals surface area (Å²) in [6.07, 6.45) is 2.85. The number of carbonyl (C=O) groups excluding carboxylic acids is 1. The fraction of sp³-hybridized carbons (Fsp3) is 0.588. The standard InChI is InChI=1S/C17H25N3O4S/c1-13-5-6-14(19-17(21)15-12-24-10-7-18-15)11-16(13)25(22,23)20-8-3-2-4-9-20/h5-6,11,15,18H,2-4,7-10,12H2,1H3,(H,19,21). The van der Waals surface area contributed by atoms with Crippen LogP contribution in [0.1, 0.15) is 24.8 Å². The first-order chi connectivity index (χ1) is 12.0. The zero-order chi connectivity index (χ0) is 17.9. The second-order valence-electron chi connectivity index (χ2n) is 6.52. The minimum atomic E-state index is -3.53. The highest BCUT2D eigenvalue weighted by Crippen LogP contribution is 2.26. The zero-order valence-corrected chi connectivity index (χ0v) is 15.3. The van der Waals surface area contributed by atoms with Gasteiger partial charge in [-0.25, -0.2) is 8.42 Å². The summed E-state index contributed by atoms with van der Waals surface area (Å²) in [6.45, 7) is 4.42. The van der Waals surface area contributed by atoms with E-state index in [1.165, 1.54) is 0 Å². The summed E-state index contributed by atoms with van der Waals surface area (Å²) in [5.41, 5.74) is 1.17. The molecule has 2 saturated heterocycles. The molecule has 2 N–H and O–H groups in total. The van der Waals surface area contributed by atoms with Crippen LogP contribution in [0, 0.1) is 6.92 Å². The van der Waals surface area contributed by atoms with Crippen LogP contribution in [0.3, 0.4) is 0 Å². The third-order valence-corrected chi connectivity index (χ3v) is 6.67. The molecule has 2 aliphatic rings. The van der Waals surface area contributed by atoms with E-state index < -0.39 is 16.1 Å². The summed E-state index contributed by atoms with van der Waals surface area (Å²) in [7, 11) is -3.53. The van der Waals surface area contributed by atoms with Crippen LogP contribution < -0.4 is 10.6 Å². The molecule has 3 rings (SSSR count). The van der Waals surface area contributed by atoms with Crippen LogP contribution in [0.15, 0.2) is 23.1 Å². The number of morpholine rings is 1. The molecule has 0 bridgehead atoms. The molecule has 0 radical (unpaired) electrons. The number of nitrogens with zero attached hydrogens (tertiary/aromatic N) is 1. The van der Waals surface area contributed by atoms with E-state index >= 15 is 0 Å². The van der Waals surface area contributed by atoms with Gasteiger partial charge in [0.2, 0.25) is 15.9 Å². The minimum absolute atomic E-state index is 0.218. The molecule has 1 aromatic carbocycles. The first-order valence-corrected chi connectivity index (χ1v) is 10.2. The Hall–Kier alpha value is -1.48. The van der Waals surface area contributed by atoms with Crippen molar-refractivity contribution in [2.75, 3.05) is 38.2 Å². The third-order valence-electron chi connectivity index (χ3n) is 4.63. The third kappa shape index (κ3) is 4.20. The second-order valence-corrected chi connectivity index (χ2v) is 8.42. The summed E-state index contributed by atoms with van der Waals surface area (Å²) in [5.74, 6) is -0.218. The van der Waals surface area contributed by atoms with Gasteiger partial charge >= 0.3 is 0 Å². The van der Waals surface area contributed by atoms with Crippen molar-refractivity contribution in [2.24, 2.45) is 0 Å². The van der Waals surface area contributed by atoms with E-state index in [1.807, 2.05) is 0 Å². The van der Waals surface area contributed by atoms with Gasteiger partial charge in [-0.1, -0.05) is 12.5 Å². The van der Waals surface area contributed by atoms with Crippen molar-refractivity contribution in [3.63, 3.8) is 0 Å². The monoisotopic (exact) mass is 367 g/mol. The Kier molecular flexibility index (Phi) is 5.73. The molecule has 1 unspecified atom stereocenters. The number of sulfonamides is 1. The number of hydrogen-bond donors (Lipinski definition) is 2. The number of rotatable bonds is 4. The first-order valence-electron chi connectivity index (χ1n) is 8.71. The fourth-order valence-corrected chi connectivity index (χ4v) is 4.93. The van der Waals surface area contributed by atoms with E-state index in [4.69, 9.17) is 4.74 Å².